The third-order valence-corrected chi connectivity index (χ3v) is 3.49. The zero-order valence-corrected chi connectivity index (χ0v) is 12.6. The molecule has 0 aliphatic carbocycles. The van der Waals surface area contributed by atoms with E-state index < -0.39 is 6.10 Å². The van der Waals surface area contributed by atoms with Gasteiger partial charge in [-0.15, -0.1) is 0 Å². The third kappa shape index (κ3) is 3.12. The number of benzene rings is 1. The largest absolute Gasteiger partial charge is 0.497 e. The van der Waals surface area contributed by atoms with Crippen molar-refractivity contribution in [1.82, 2.24) is 0 Å². The fraction of sp³-hybridized carbons (Fsp3) is 0.562. The lowest BCUT2D eigenvalue weighted by Gasteiger charge is -2.34. The minimum absolute atomic E-state index is 0.0419. The molecule has 0 aromatic heterocycles. The predicted molar refractivity (Wildman–Crippen MR) is 79.0 cm³/mol. The van der Waals surface area contributed by atoms with Crippen LogP contribution in [-0.4, -0.2) is 24.7 Å². The van der Waals surface area contributed by atoms with Gasteiger partial charge in [-0.05, 0) is 30.0 Å². The quantitative estimate of drug-likeness (QED) is 0.904. The van der Waals surface area contributed by atoms with Crippen molar-refractivity contribution in [3.8, 4) is 5.75 Å². The van der Waals surface area contributed by atoms with Crippen LogP contribution in [0, 0.1) is 5.41 Å². The fourth-order valence-corrected chi connectivity index (χ4v) is 2.51. The molecule has 0 fully saturated rings. The molecule has 0 saturated heterocycles. The molecule has 1 unspecified atom stereocenters. The van der Waals surface area contributed by atoms with Gasteiger partial charge in [0.2, 0.25) is 5.91 Å². The van der Waals surface area contributed by atoms with Gasteiger partial charge < -0.3 is 14.7 Å². The number of nitrogens with zero attached hydrogens (tertiary/aromatic N) is 1. The first-order valence-corrected chi connectivity index (χ1v) is 6.98. The summed E-state index contributed by atoms with van der Waals surface area (Å²) in [7, 11) is 1.60. The van der Waals surface area contributed by atoms with Crippen molar-refractivity contribution < 1.29 is 14.6 Å². The summed E-state index contributed by atoms with van der Waals surface area (Å²) >= 11 is 0. The van der Waals surface area contributed by atoms with Crippen molar-refractivity contribution in [2.75, 3.05) is 18.6 Å². The Bertz CT molecular complexity index is 505. The molecule has 0 bridgehead atoms. The molecule has 0 saturated carbocycles. The number of aliphatic hydroxyl groups excluding tert-OH is 1. The molecule has 4 nitrogen and oxygen atoms in total. The number of rotatable bonds is 2. The number of ether oxygens (including phenoxy) is 1. The Morgan fingerprint density at radius 2 is 2.15 bits per heavy atom. The van der Waals surface area contributed by atoms with Crippen molar-refractivity contribution in [2.45, 2.75) is 39.7 Å². The SMILES string of the molecule is COc1ccc2c(c1)C(O)CCN2C(=O)CC(C)(C)C. The summed E-state index contributed by atoms with van der Waals surface area (Å²) in [6.07, 6.45) is 0.531. The van der Waals surface area contributed by atoms with E-state index in [-0.39, 0.29) is 11.3 Å². The standard InChI is InChI=1S/C16H23NO3/c1-16(2,3)10-15(19)17-8-7-14(18)12-9-11(20-4)5-6-13(12)17/h5-6,9,14,18H,7-8,10H2,1-4H3. The second-order valence-electron chi connectivity index (χ2n) is 6.51. The highest BCUT2D eigenvalue weighted by molar-refractivity contribution is 5.95. The highest BCUT2D eigenvalue weighted by Crippen LogP contribution is 2.37. The molecule has 1 atom stereocenters. The van der Waals surface area contributed by atoms with Gasteiger partial charge in [0.05, 0.1) is 13.2 Å². The summed E-state index contributed by atoms with van der Waals surface area (Å²) < 4.78 is 5.19. The number of hydrogen-bond donors (Lipinski definition) is 1. The van der Waals surface area contributed by atoms with E-state index in [0.29, 0.717) is 25.1 Å². The van der Waals surface area contributed by atoms with E-state index in [2.05, 4.69) is 20.8 Å². The molecule has 1 aliphatic heterocycles. The molecule has 2 rings (SSSR count). The minimum atomic E-state index is -0.529. The number of fused-ring (bicyclic) bond motifs is 1. The van der Waals surface area contributed by atoms with Crippen LogP contribution in [-0.2, 0) is 4.79 Å². The second kappa shape index (κ2) is 5.44. The summed E-state index contributed by atoms with van der Waals surface area (Å²) in [4.78, 5) is 14.2. The van der Waals surface area contributed by atoms with Crippen molar-refractivity contribution in [3.63, 3.8) is 0 Å². The molecule has 1 aliphatic rings. The molecule has 1 aromatic rings. The highest BCUT2D eigenvalue weighted by atomic mass is 16.5. The van der Waals surface area contributed by atoms with Crippen molar-refractivity contribution in [3.05, 3.63) is 23.8 Å². The molecule has 0 spiro atoms. The zero-order chi connectivity index (χ0) is 14.9. The van der Waals surface area contributed by atoms with E-state index in [1.54, 1.807) is 12.0 Å². The second-order valence-corrected chi connectivity index (χ2v) is 6.51. The van der Waals surface area contributed by atoms with Crippen LogP contribution < -0.4 is 9.64 Å². The average molecular weight is 277 g/mol. The van der Waals surface area contributed by atoms with Gasteiger partial charge in [-0.2, -0.15) is 0 Å². The number of hydrogen-bond acceptors (Lipinski definition) is 3. The zero-order valence-electron chi connectivity index (χ0n) is 12.6. The molecule has 20 heavy (non-hydrogen) atoms. The number of amides is 1. The van der Waals surface area contributed by atoms with Gasteiger partial charge in [0.25, 0.3) is 0 Å². The Labute approximate surface area is 120 Å². The van der Waals surface area contributed by atoms with E-state index in [1.807, 2.05) is 18.2 Å². The third-order valence-electron chi connectivity index (χ3n) is 3.49. The highest BCUT2D eigenvalue weighted by Gasteiger charge is 2.29. The lowest BCUT2D eigenvalue weighted by molar-refractivity contribution is -0.120. The average Bonchev–Trinajstić information content (AvgIpc) is 2.36. The molecule has 1 amide bonds. The van der Waals surface area contributed by atoms with Gasteiger partial charge in [0.15, 0.2) is 0 Å². The smallest absolute Gasteiger partial charge is 0.227 e. The van der Waals surface area contributed by atoms with E-state index in [0.717, 1.165) is 11.3 Å². The van der Waals surface area contributed by atoms with Gasteiger partial charge in [-0.25, -0.2) is 0 Å². The van der Waals surface area contributed by atoms with E-state index in [9.17, 15) is 9.90 Å². The maximum Gasteiger partial charge on any atom is 0.227 e. The van der Waals surface area contributed by atoms with Crippen LogP contribution in [0.15, 0.2) is 18.2 Å². The van der Waals surface area contributed by atoms with Crippen LogP contribution >= 0.6 is 0 Å². The molecule has 110 valence electrons. The van der Waals surface area contributed by atoms with Crippen molar-refractivity contribution in [1.29, 1.82) is 0 Å². The molecule has 1 aromatic carbocycles. The number of carbonyl (C=O) groups excluding carboxylic acids is 1. The number of aliphatic hydroxyl groups is 1. The maximum atomic E-state index is 12.5. The monoisotopic (exact) mass is 277 g/mol. The molecule has 1 heterocycles. The molecule has 1 N–H and O–H groups in total. The first-order chi connectivity index (χ1) is 9.31. The van der Waals surface area contributed by atoms with E-state index >= 15 is 0 Å². The van der Waals surface area contributed by atoms with Crippen LogP contribution in [0.2, 0.25) is 0 Å². The minimum Gasteiger partial charge on any atom is -0.497 e. The molecular weight excluding hydrogens is 254 g/mol. The summed E-state index contributed by atoms with van der Waals surface area (Å²) in [5, 5.41) is 10.1. The summed E-state index contributed by atoms with van der Waals surface area (Å²) in [6, 6.07) is 5.50. The Morgan fingerprint density at radius 3 is 2.75 bits per heavy atom. The first kappa shape index (κ1) is 14.9. The maximum absolute atomic E-state index is 12.5. The van der Waals surface area contributed by atoms with Gasteiger partial charge in [-0.3, -0.25) is 4.79 Å². The van der Waals surface area contributed by atoms with Crippen LogP contribution in [0.25, 0.3) is 0 Å². The van der Waals surface area contributed by atoms with Crippen LogP contribution in [0.4, 0.5) is 5.69 Å². The first-order valence-electron chi connectivity index (χ1n) is 6.98. The van der Waals surface area contributed by atoms with Gasteiger partial charge in [0.1, 0.15) is 5.75 Å². The summed E-state index contributed by atoms with van der Waals surface area (Å²) in [6.45, 7) is 6.73. The van der Waals surface area contributed by atoms with Crippen molar-refractivity contribution in [2.24, 2.45) is 5.41 Å². The summed E-state index contributed by atoms with van der Waals surface area (Å²) in [5.41, 5.74) is 1.54. The van der Waals surface area contributed by atoms with Gasteiger partial charge in [-0.1, -0.05) is 20.8 Å². The van der Waals surface area contributed by atoms with Crippen LogP contribution in [0.5, 0.6) is 5.75 Å². The predicted octanol–water partition coefficient (Wildman–Crippen LogP) is 2.90. The fourth-order valence-electron chi connectivity index (χ4n) is 2.51. The van der Waals surface area contributed by atoms with E-state index in [1.165, 1.54) is 0 Å². The number of carbonyl (C=O) groups is 1. The Morgan fingerprint density at radius 1 is 1.45 bits per heavy atom. The molecule has 0 radical (unpaired) electrons. The van der Waals surface area contributed by atoms with Crippen molar-refractivity contribution >= 4 is 11.6 Å². The number of anilines is 1. The van der Waals surface area contributed by atoms with Gasteiger partial charge in [0, 0.05) is 24.2 Å². The Hall–Kier alpha value is -1.55. The molecular formula is C16H23NO3. The summed E-state index contributed by atoms with van der Waals surface area (Å²) in [5.74, 6) is 0.809. The Kier molecular flexibility index (Phi) is 4.04. The van der Waals surface area contributed by atoms with E-state index in [4.69, 9.17) is 4.74 Å². The van der Waals surface area contributed by atoms with Crippen LogP contribution in [0.1, 0.15) is 45.3 Å². The van der Waals surface area contributed by atoms with Crippen LogP contribution in [0.3, 0.4) is 0 Å². The Balaban J connectivity index is 2.31. The lowest BCUT2D eigenvalue weighted by atomic mass is 9.90. The normalized spacial score (nSPS) is 18.6. The van der Waals surface area contributed by atoms with Gasteiger partial charge >= 0.3 is 0 Å². The molecule has 4 heteroatoms. The number of methoxy groups -OCH3 is 1. The topological polar surface area (TPSA) is 49.8 Å². The lowest BCUT2D eigenvalue weighted by Crippen LogP contribution is -2.38.